The van der Waals surface area contributed by atoms with Crippen molar-refractivity contribution in [1.29, 1.82) is 0 Å². The molecule has 0 saturated carbocycles. The second-order valence-corrected chi connectivity index (χ2v) is 2.17. The minimum absolute atomic E-state index is 0.128. The van der Waals surface area contributed by atoms with Crippen LogP contribution in [0.3, 0.4) is 0 Å². The second kappa shape index (κ2) is 5.38. The van der Waals surface area contributed by atoms with Gasteiger partial charge in [0.05, 0.1) is 5.83 Å². The molecule has 0 saturated heterocycles. The summed E-state index contributed by atoms with van der Waals surface area (Å²) in [7, 11) is 0. The fourth-order valence-electron chi connectivity index (χ4n) is 0.580. The van der Waals surface area contributed by atoms with Gasteiger partial charge < -0.3 is 10.2 Å². The Morgan fingerprint density at radius 3 is 2.30 bits per heavy atom. The minimum atomic E-state index is -0.351. The van der Waals surface area contributed by atoms with Gasteiger partial charge in [-0.25, -0.2) is 4.39 Å². The normalized spacial score (nSPS) is 12.7. The van der Waals surface area contributed by atoms with Gasteiger partial charge in [0, 0.05) is 25.6 Å². The Morgan fingerprint density at radius 1 is 1.50 bits per heavy atom. The third kappa shape index (κ3) is 3.58. The first-order chi connectivity index (χ1) is 4.74. The van der Waals surface area contributed by atoms with Crippen LogP contribution in [0, 0.1) is 5.92 Å². The number of hydrogen-bond acceptors (Lipinski definition) is 2. The molecule has 2 nitrogen and oxygen atoms in total. The van der Waals surface area contributed by atoms with E-state index in [1.807, 2.05) is 0 Å². The van der Waals surface area contributed by atoms with Crippen molar-refractivity contribution in [3.05, 3.63) is 11.9 Å². The molecule has 2 N–H and O–H groups in total. The summed E-state index contributed by atoms with van der Waals surface area (Å²) in [5, 5.41) is 17.0. The number of allylic oxidation sites excluding steroid dienone is 2. The van der Waals surface area contributed by atoms with Crippen molar-refractivity contribution in [2.24, 2.45) is 5.92 Å². The quantitative estimate of drug-likeness (QED) is 0.620. The Bertz CT molecular complexity index is 108. The predicted molar refractivity (Wildman–Crippen MR) is 37.1 cm³/mol. The molecule has 10 heavy (non-hydrogen) atoms. The summed E-state index contributed by atoms with van der Waals surface area (Å²) >= 11 is 0. The SMILES string of the molecule is C/C=C(\F)CC(CO)CO. The lowest BCUT2D eigenvalue weighted by atomic mass is 10.1. The number of aliphatic hydroxyl groups excluding tert-OH is 2. The molecule has 0 unspecified atom stereocenters. The van der Waals surface area contributed by atoms with Crippen molar-refractivity contribution < 1.29 is 14.6 Å². The van der Waals surface area contributed by atoms with Gasteiger partial charge in [-0.05, 0) is 6.92 Å². The van der Waals surface area contributed by atoms with Crippen molar-refractivity contribution in [3.63, 3.8) is 0 Å². The highest BCUT2D eigenvalue weighted by atomic mass is 19.1. The Kier molecular flexibility index (Phi) is 5.16. The molecule has 0 aliphatic heterocycles. The van der Waals surface area contributed by atoms with Crippen LogP contribution in [0.4, 0.5) is 4.39 Å². The molecule has 0 atom stereocenters. The molecule has 0 fully saturated rings. The van der Waals surface area contributed by atoms with Crippen LogP contribution in [-0.4, -0.2) is 23.4 Å². The van der Waals surface area contributed by atoms with E-state index in [1.165, 1.54) is 6.08 Å². The molecule has 0 bridgehead atoms. The van der Waals surface area contributed by atoms with E-state index in [9.17, 15) is 4.39 Å². The van der Waals surface area contributed by atoms with E-state index in [0.29, 0.717) is 0 Å². The lowest BCUT2D eigenvalue weighted by molar-refractivity contribution is 0.145. The fraction of sp³-hybridized carbons (Fsp3) is 0.714. The Hall–Kier alpha value is -0.410. The summed E-state index contributed by atoms with van der Waals surface area (Å²) in [5.41, 5.74) is 0. The van der Waals surface area contributed by atoms with Gasteiger partial charge in [-0.15, -0.1) is 0 Å². The molecule has 3 heteroatoms. The molecule has 0 aliphatic rings. The molecule has 0 rings (SSSR count). The van der Waals surface area contributed by atoms with E-state index >= 15 is 0 Å². The molecule has 0 spiro atoms. The van der Waals surface area contributed by atoms with E-state index in [-0.39, 0.29) is 31.4 Å². The third-order valence-electron chi connectivity index (χ3n) is 1.31. The van der Waals surface area contributed by atoms with Gasteiger partial charge >= 0.3 is 0 Å². The van der Waals surface area contributed by atoms with Crippen LogP contribution in [0.15, 0.2) is 11.9 Å². The summed E-state index contributed by atoms with van der Waals surface area (Å²) in [6, 6.07) is 0. The highest BCUT2D eigenvalue weighted by Gasteiger charge is 2.07. The molecular formula is C7H13FO2. The molecule has 0 amide bonds. The zero-order valence-electron chi connectivity index (χ0n) is 6.05. The molecule has 60 valence electrons. The smallest absolute Gasteiger partial charge is 0.0961 e. The number of rotatable bonds is 4. The standard InChI is InChI=1S/C7H13FO2/c1-2-7(8)3-6(4-9)5-10/h2,6,9-10H,3-5H2,1H3/b7-2-. The van der Waals surface area contributed by atoms with Gasteiger partial charge in [-0.1, -0.05) is 6.08 Å². The van der Waals surface area contributed by atoms with Crippen molar-refractivity contribution >= 4 is 0 Å². The maximum Gasteiger partial charge on any atom is 0.0961 e. The largest absolute Gasteiger partial charge is 0.396 e. The zero-order valence-corrected chi connectivity index (χ0v) is 6.05. The van der Waals surface area contributed by atoms with Crippen molar-refractivity contribution in [2.75, 3.05) is 13.2 Å². The van der Waals surface area contributed by atoms with E-state index < -0.39 is 0 Å². The second-order valence-electron chi connectivity index (χ2n) is 2.17. The maximum atomic E-state index is 12.4. The van der Waals surface area contributed by atoms with Crippen LogP contribution < -0.4 is 0 Å². The Morgan fingerprint density at radius 2 is 2.00 bits per heavy atom. The van der Waals surface area contributed by atoms with Crippen LogP contribution in [-0.2, 0) is 0 Å². The van der Waals surface area contributed by atoms with Crippen molar-refractivity contribution in [3.8, 4) is 0 Å². The summed E-state index contributed by atoms with van der Waals surface area (Å²) in [6.07, 6.45) is 1.46. The predicted octanol–water partition coefficient (Wildman–Crippen LogP) is 0.851. The summed E-state index contributed by atoms with van der Waals surface area (Å²) in [4.78, 5) is 0. The van der Waals surface area contributed by atoms with Crippen LogP contribution in [0.25, 0.3) is 0 Å². The van der Waals surface area contributed by atoms with E-state index in [0.717, 1.165) is 0 Å². The van der Waals surface area contributed by atoms with Crippen LogP contribution >= 0.6 is 0 Å². The first-order valence-electron chi connectivity index (χ1n) is 3.27. The lowest BCUT2D eigenvalue weighted by Gasteiger charge is -2.07. The van der Waals surface area contributed by atoms with Crippen LogP contribution in [0.5, 0.6) is 0 Å². The maximum absolute atomic E-state index is 12.4. The minimum Gasteiger partial charge on any atom is -0.396 e. The Labute approximate surface area is 60.0 Å². The lowest BCUT2D eigenvalue weighted by Crippen LogP contribution is -2.10. The average Bonchev–Trinajstić information content (AvgIpc) is 1.99. The summed E-state index contributed by atoms with van der Waals surface area (Å²) in [6.45, 7) is 1.25. The molecule has 0 aliphatic carbocycles. The van der Waals surface area contributed by atoms with E-state index in [4.69, 9.17) is 10.2 Å². The van der Waals surface area contributed by atoms with Gasteiger partial charge in [0.25, 0.3) is 0 Å². The molecule has 0 radical (unpaired) electrons. The molecular weight excluding hydrogens is 135 g/mol. The number of halogens is 1. The highest BCUT2D eigenvalue weighted by Crippen LogP contribution is 2.11. The van der Waals surface area contributed by atoms with Gasteiger partial charge in [-0.2, -0.15) is 0 Å². The Balaban J connectivity index is 3.63. The number of aliphatic hydroxyl groups is 2. The van der Waals surface area contributed by atoms with Gasteiger partial charge in [0.15, 0.2) is 0 Å². The fourth-order valence-corrected chi connectivity index (χ4v) is 0.580. The third-order valence-corrected chi connectivity index (χ3v) is 1.31. The first-order valence-corrected chi connectivity index (χ1v) is 3.27. The molecule has 0 heterocycles. The van der Waals surface area contributed by atoms with Crippen LogP contribution in [0.1, 0.15) is 13.3 Å². The summed E-state index contributed by atoms with van der Waals surface area (Å²) in [5.74, 6) is -0.635. The van der Waals surface area contributed by atoms with E-state index in [2.05, 4.69) is 0 Å². The first kappa shape index (κ1) is 9.59. The van der Waals surface area contributed by atoms with Crippen LogP contribution in [0.2, 0.25) is 0 Å². The monoisotopic (exact) mass is 148 g/mol. The molecule has 0 aromatic carbocycles. The zero-order chi connectivity index (χ0) is 7.98. The average molecular weight is 148 g/mol. The molecule has 0 aromatic rings. The van der Waals surface area contributed by atoms with Gasteiger partial charge in [0.2, 0.25) is 0 Å². The van der Waals surface area contributed by atoms with Gasteiger partial charge in [0.1, 0.15) is 0 Å². The van der Waals surface area contributed by atoms with Gasteiger partial charge in [-0.3, -0.25) is 0 Å². The highest BCUT2D eigenvalue weighted by molar-refractivity contribution is 4.90. The number of hydrogen-bond donors (Lipinski definition) is 2. The summed E-state index contributed by atoms with van der Waals surface area (Å²) < 4.78 is 12.4. The van der Waals surface area contributed by atoms with Crippen molar-refractivity contribution in [2.45, 2.75) is 13.3 Å². The topological polar surface area (TPSA) is 40.5 Å². The molecule has 0 aromatic heterocycles. The van der Waals surface area contributed by atoms with Crippen molar-refractivity contribution in [1.82, 2.24) is 0 Å². The van der Waals surface area contributed by atoms with E-state index in [1.54, 1.807) is 6.92 Å².